The molecule has 0 aliphatic carbocycles. The highest BCUT2D eigenvalue weighted by atomic mass is 32.1. The predicted octanol–water partition coefficient (Wildman–Crippen LogP) is 2.12. The van der Waals surface area contributed by atoms with Gasteiger partial charge in [-0.05, 0) is 12.1 Å². The van der Waals surface area contributed by atoms with Gasteiger partial charge in [0.15, 0.2) is 0 Å². The van der Waals surface area contributed by atoms with E-state index in [9.17, 15) is 4.79 Å². The molecule has 0 amide bonds. The molecule has 6 heteroatoms. The Kier molecular flexibility index (Phi) is 3.43. The second-order valence-electron chi connectivity index (χ2n) is 4.98. The Morgan fingerprint density at radius 3 is 2.90 bits per heavy atom. The highest BCUT2D eigenvalue weighted by Gasteiger charge is 2.40. The third kappa shape index (κ3) is 2.29. The van der Waals surface area contributed by atoms with Crippen molar-refractivity contribution in [3.8, 4) is 0 Å². The van der Waals surface area contributed by atoms with Gasteiger partial charge in [0, 0.05) is 24.6 Å². The Morgan fingerprint density at radius 2 is 2.15 bits per heavy atom. The van der Waals surface area contributed by atoms with Crippen molar-refractivity contribution in [2.45, 2.75) is 25.5 Å². The molecule has 0 saturated carbocycles. The average molecular weight is 306 g/mol. The molecule has 1 saturated heterocycles. The zero-order valence-electron chi connectivity index (χ0n) is 11.0. The fourth-order valence-electron chi connectivity index (χ4n) is 2.74. The van der Waals surface area contributed by atoms with Gasteiger partial charge >= 0.3 is 5.97 Å². The maximum Gasteiger partial charge on any atom is 0.302 e. The predicted molar refractivity (Wildman–Crippen MR) is 85.0 cm³/mol. The van der Waals surface area contributed by atoms with Gasteiger partial charge in [0.2, 0.25) is 0 Å². The van der Waals surface area contributed by atoms with E-state index in [4.69, 9.17) is 29.2 Å². The molecular weight excluding hydrogens is 292 g/mol. The minimum atomic E-state index is -0.266. The van der Waals surface area contributed by atoms with Gasteiger partial charge in [-0.15, -0.1) is 0 Å². The summed E-state index contributed by atoms with van der Waals surface area (Å²) >= 11 is 11.1. The minimum Gasteiger partial charge on any atom is -0.461 e. The molecule has 2 heterocycles. The van der Waals surface area contributed by atoms with Gasteiger partial charge < -0.3 is 15.0 Å². The van der Waals surface area contributed by atoms with Gasteiger partial charge in [-0.25, -0.2) is 0 Å². The number of carbonyl (C=O) groups excluding carboxylic acids is 1. The Balaban J connectivity index is 1.92. The van der Waals surface area contributed by atoms with Crippen molar-refractivity contribution < 1.29 is 9.53 Å². The van der Waals surface area contributed by atoms with Crippen LogP contribution in [0, 0.1) is 0 Å². The number of nitrogens with zero attached hydrogens (tertiary/aromatic N) is 1. The molecule has 20 heavy (non-hydrogen) atoms. The topological polar surface area (TPSA) is 41.6 Å². The van der Waals surface area contributed by atoms with Gasteiger partial charge in [0.25, 0.3) is 0 Å². The zero-order valence-corrected chi connectivity index (χ0v) is 12.6. The second kappa shape index (κ2) is 5.10. The van der Waals surface area contributed by atoms with Gasteiger partial charge in [-0.3, -0.25) is 4.79 Å². The van der Waals surface area contributed by atoms with Gasteiger partial charge in [0.1, 0.15) is 16.1 Å². The first-order chi connectivity index (χ1) is 9.56. The standard InChI is InChI=1S/C14H14N2O2S2/c1-8(17)18-9-6-12-13(19)15-11-5-3-2-4-10(11)14(20)16(12)7-9/h2-5,9,12H,6-7H2,1H3,(H,15,19)/t9-,12-/m0/s1. The maximum absolute atomic E-state index is 11.1. The number of ether oxygens (including phenoxy) is 1. The molecule has 0 radical (unpaired) electrons. The van der Waals surface area contributed by atoms with Crippen molar-refractivity contribution in [2.24, 2.45) is 0 Å². The smallest absolute Gasteiger partial charge is 0.302 e. The van der Waals surface area contributed by atoms with E-state index >= 15 is 0 Å². The van der Waals surface area contributed by atoms with Gasteiger partial charge in [-0.2, -0.15) is 0 Å². The van der Waals surface area contributed by atoms with Crippen LogP contribution in [-0.4, -0.2) is 39.5 Å². The number of esters is 1. The summed E-state index contributed by atoms with van der Waals surface area (Å²) in [7, 11) is 0. The van der Waals surface area contributed by atoms with Crippen molar-refractivity contribution >= 4 is 46.1 Å². The number of benzene rings is 1. The highest BCUT2D eigenvalue weighted by Crippen LogP contribution is 2.30. The van der Waals surface area contributed by atoms with E-state index in [0.717, 1.165) is 21.2 Å². The van der Waals surface area contributed by atoms with Crippen molar-refractivity contribution in [3.05, 3.63) is 29.8 Å². The number of thiocarbonyl (C=S) groups is 2. The lowest BCUT2D eigenvalue weighted by atomic mass is 10.1. The van der Waals surface area contributed by atoms with Crippen molar-refractivity contribution in [3.63, 3.8) is 0 Å². The Morgan fingerprint density at radius 1 is 1.40 bits per heavy atom. The lowest BCUT2D eigenvalue weighted by molar-refractivity contribution is -0.145. The number of carbonyl (C=O) groups is 1. The number of fused-ring (bicyclic) bond motifs is 2. The van der Waals surface area contributed by atoms with E-state index in [-0.39, 0.29) is 18.1 Å². The molecule has 0 unspecified atom stereocenters. The van der Waals surface area contributed by atoms with Crippen LogP contribution in [0.3, 0.4) is 0 Å². The number of hydrogen-bond donors (Lipinski definition) is 1. The molecular formula is C14H14N2O2S2. The third-order valence-electron chi connectivity index (χ3n) is 3.57. The maximum atomic E-state index is 11.1. The Hall–Kier alpha value is -1.53. The average Bonchev–Trinajstić information content (AvgIpc) is 2.78. The first-order valence-corrected chi connectivity index (χ1v) is 7.26. The van der Waals surface area contributed by atoms with Gasteiger partial charge in [0.05, 0.1) is 12.6 Å². The number of rotatable bonds is 1. The summed E-state index contributed by atoms with van der Waals surface area (Å²) in [6.07, 6.45) is 0.528. The van der Waals surface area contributed by atoms with E-state index in [2.05, 4.69) is 10.2 Å². The lowest BCUT2D eigenvalue weighted by Gasteiger charge is -2.23. The molecule has 1 aromatic rings. The van der Waals surface area contributed by atoms with Crippen molar-refractivity contribution in [1.29, 1.82) is 0 Å². The number of hydrogen-bond acceptors (Lipinski definition) is 4. The quantitative estimate of drug-likeness (QED) is 0.633. The van der Waals surface area contributed by atoms with Crippen LogP contribution < -0.4 is 5.32 Å². The monoisotopic (exact) mass is 306 g/mol. The summed E-state index contributed by atoms with van der Waals surface area (Å²) in [4.78, 5) is 14.7. The molecule has 4 nitrogen and oxygen atoms in total. The Bertz CT molecular complexity index is 603. The van der Waals surface area contributed by atoms with Crippen molar-refractivity contribution in [1.82, 2.24) is 4.90 Å². The van der Waals surface area contributed by atoms with E-state index in [0.29, 0.717) is 13.0 Å². The molecule has 1 fully saturated rings. The fourth-order valence-corrected chi connectivity index (χ4v) is 3.45. The SMILES string of the molecule is CC(=O)O[C@H]1C[C@H]2C(=S)Nc3ccccc3C(=S)N2C1. The molecule has 3 rings (SSSR count). The zero-order chi connectivity index (χ0) is 14.3. The number of para-hydroxylation sites is 1. The van der Waals surface area contributed by atoms with E-state index in [1.807, 2.05) is 24.3 Å². The highest BCUT2D eigenvalue weighted by molar-refractivity contribution is 7.81. The Labute approximate surface area is 128 Å². The molecule has 2 aliphatic heterocycles. The van der Waals surface area contributed by atoms with Crippen LogP contribution in [0.1, 0.15) is 18.9 Å². The molecule has 2 aliphatic rings. The molecule has 2 atom stereocenters. The van der Waals surface area contributed by atoms with E-state index in [1.165, 1.54) is 6.92 Å². The van der Waals surface area contributed by atoms with Crippen LogP contribution >= 0.6 is 24.4 Å². The third-order valence-corrected chi connectivity index (χ3v) is 4.40. The first-order valence-electron chi connectivity index (χ1n) is 6.44. The summed E-state index contributed by atoms with van der Waals surface area (Å²) in [5.41, 5.74) is 1.91. The first kappa shape index (κ1) is 13.5. The molecule has 0 spiro atoms. The summed E-state index contributed by atoms with van der Waals surface area (Å²) in [6.45, 7) is 2.02. The molecule has 0 aromatic heterocycles. The normalized spacial score (nSPS) is 24.6. The van der Waals surface area contributed by atoms with Crippen LogP contribution in [0.25, 0.3) is 0 Å². The number of nitrogens with one attached hydrogen (secondary N) is 1. The summed E-state index contributed by atoms with van der Waals surface area (Å²) in [6, 6.07) is 7.86. The van der Waals surface area contributed by atoms with Gasteiger partial charge in [-0.1, -0.05) is 36.6 Å². The number of anilines is 1. The van der Waals surface area contributed by atoms with Crippen LogP contribution in [0.5, 0.6) is 0 Å². The van der Waals surface area contributed by atoms with E-state index < -0.39 is 0 Å². The van der Waals surface area contributed by atoms with Crippen LogP contribution in [0.2, 0.25) is 0 Å². The summed E-state index contributed by atoms with van der Waals surface area (Å²) < 4.78 is 5.30. The van der Waals surface area contributed by atoms with Crippen LogP contribution in [0.4, 0.5) is 5.69 Å². The molecule has 1 aromatic carbocycles. The molecule has 104 valence electrons. The summed E-state index contributed by atoms with van der Waals surface area (Å²) in [5, 5.41) is 3.26. The lowest BCUT2D eigenvalue weighted by Crippen LogP contribution is -2.39. The fraction of sp³-hybridized carbons (Fsp3) is 0.357. The second-order valence-corrected chi connectivity index (χ2v) is 5.80. The van der Waals surface area contributed by atoms with Crippen LogP contribution in [-0.2, 0) is 9.53 Å². The minimum absolute atomic E-state index is 0.00532. The van der Waals surface area contributed by atoms with Crippen molar-refractivity contribution in [2.75, 3.05) is 11.9 Å². The summed E-state index contributed by atoms with van der Waals surface area (Å²) in [5.74, 6) is -0.266. The molecule has 0 bridgehead atoms. The largest absolute Gasteiger partial charge is 0.461 e. The van der Waals surface area contributed by atoms with E-state index in [1.54, 1.807) is 0 Å². The van der Waals surface area contributed by atoms with Crippen LogP contribution in [0.15, 0.2) is 24.3 Å². The molecule has 1 N–H and O–H groups in total.